The molecule has 0 saturated carbocycles. The summed E-state index contributed by atoms with van der Waals surface area (Å²) in [6.45, 7) is -0.385. The van der Waals surface area contributed by atoms with E-state index in [-0.39, 0.29) is 12.4 Å². The summed E-state index contributed by atoms with van der Waals surface area (Å²) in [7, 11) is 0. The SMILES string of the molecule is [N-]=[N+]=N[C@H](COCC(=O)O)Cc1ccc(O)cc1. The lowest BCUT2D eigenvalue weighted by atomic mass is 10.1. The van der Waals surface area contributed by atoms with Crippen molar-refractivity contribution in [3.8, 4) is 5.75 Å². The van der Waals surface area contributed by atoms with E-state index < -0.39 is 18.6 Å². The third-order valence-electron chi connectivity index (χ3n) is 2.16. The second-order valence-corrected chi connectivity index (χ2v) is 3.64. The molecule has 0 heterocycles. The van der Waals surface area contributed by atoms with E-state index in [4.69, 9.17) is 20.5 Å². The molecule has 0 amide bonds. The van der Waals surface area contributed by atoms with Crippen molar-refractivity contribution in [2.24, 2.45) is 5.11 Å². The minimum atomic E-state index is -1.07. The molecule has 0 aliphatic heterocycles. The van der Waals surface area contributed by atoms with Crippen LogP contribution in [0.25, 0.3) is 10.4 Å². The molecule has 18 heavy (non-hydrogen) atoms. The zero-order valence-corrected chi connectivity index (χ0v) is 9.56. The van der Waals surface area contributed by atoms with Crippen molar-refractivity contribution in [2.75, 3.05) is 13.2 Å². The van der Waals surface area contributed by atoms with Crippen molar-refractivity contribution in [3.63, 3.8) is 0 Å². The van der Waals surface area contributed by atoms with Gasteiger partial charge in [0.15, 0.2) is 0 Å². The number of carbonyl (C=O) groups is 1. The van der Waals surface area contributed by atoms with Gasteiger partial charge in [0.1, 0.15) is 12.4 Å². The summed E-state index contributed by atoms with van der Waals surface area (Å²) in [5.74, 6) is -0.916. The van der Waals surface area contributed by atoms with Gasteiger partial charge in [-0.15, -0.1) is 0 Å². The van der Waals surface area contributed by atoms with Crippen LogP contribution in [0.15, 0.2) is 29.4 Å². The van der Waals surface area contributed by atoms with Gasteiger partial charge < -0.3 is 14.9 Å². The molecule has 0 bridgehead atoms. The van der Waals surface area contributed by atoms with Crippen molar-refractivity contribution in [1.29, 1.82) is 0 Å². The quantitative estimate of drug-likeness (QED) is 0.436. The first-order valence-electron chi connectivity index (χ1n) is 5.23. The van der Waals surface area contributed by atoms with E-state index in [1.165, 1.54) is 12.1 Å². The molecule has 0 spiro atoms. The molecule has 1 atom stereocenters. The molecule has 0 radical (unpaired) electrons. The summed E-state index contributed by atoms with van der Waals surface area (Å²) in [5.41, 5.74) is 9.28. The van der Waals surface area contributed by atoms with Crippen LogP contribution in [0.5, 0.6) is 5.75 Å². The summed E-state index contributed by atoms with van der Waals surface area (Å²) in [4.78, 5) is 13.0. The summed E-state index contributed by atoms with van der Waals surface area (Å²) in [5, 5.41) is 21.1. The smallest absolute Gasteiger partial charge is 0.329 e. The molecule has 0 saturated heterocycles. The minimum Gasteiger partial charge on any atom is -0.508 e. The number of hydrogen-bond donors (Lipinski definition) is 2. The number of hydrogen-bond acceptors (Lipinski definition) is 4. The van der Waals surface area contributed by atoms with Gasteiger partial charge >= 0.3 is 5.97 Å². The first-order valence-corrected chi connectivity index (χ1v) is 5.23. The van der Waals surface area contributed by atoms with E-state index in [2.05, 4.69) is 10.0 Å². The van der Waals surface area contributed by atoms with E-state index >= 15 is 0 Å². The number of phenols is 1. The predicted octanol–water partition coefficient (Wildman–Crippen LogP) is 1.71. The summed E-state index contributed by atoms with van der Waals surface area (Å²) in [6, 6.07) is 5.99. The number of benzene rings is 1. The molecule has 1 aromatic carbocycles. The maximum atomic E-state index is 10.3. The number of ether oxygens (including phenoxy) is 1. The van der Waals surface area contributed by atoms with Crippen LogP contribution >= 0.6 is 0 Å². The van der Waals surface area contributed by atoms with Crippen molar-refractivity contribution < 1.29 is 19.7 Å². The minimum absolute atomic E-state index is 0.0389. The lowest BCUT2D eigenvalue weighted by Crippen LogP contribution is -2.19. The van der Waals surface area contributed by atoms with Gasteiger partial charge in [0.2, 0.25) is 0 Å². The van der Waals surface area contributed by atoms with E-state index in [0.29, 0.717) is 6.42 Å². The van der Waals surface area contributed by atoms with E-state index in [9.17, 15) is 4.79 Å². The van der Waals surface area contributed by atoms with Crippen LogP contribution in [0.4, 0.5) is 0 Å². The van der Waals surface area contributed by atoms with Crippen LogP contribution in [-0.4, -0.2) is 35.4 Å². The molecule has 0 fully saturated rings. The largest absolute Gasteiger partial charge is 0.508 e. The second-order valence-electron chi connectivity index (χ2n) is 3.64. The zero-order chi connectivity index (χ0) is 13.4. The maximum Gasteiger partial charge on any atom is 0.329 e. The molecule has 1 rings (SSSR count). The fourth-order valence-corrected chi connectivity index (χ4v) is 1.39. The summed E-state index contributed by atoms with van der Waals surface area (Å²) in [6.07, 6.45) is 0.421. The van der Waals surface area contributed by atoms with E-state index in [1.54, 1.807) is 12.1 Å². The summed E-state index contributed by atoms with van der Waals surface area (Å²) < 4.78 is 4.89. The zero-order valence-electron chi connectivity index (χ0n) is 9.56. The predicted molar refractivity (Wildman–Crippen MR) is 63.2 cm³/mol. The Morgan fingerprint density at radius 1 is 1.44 bits per heavy atom. The number of carboxylic acid groups (broad SMARTS) is 1. The first kappa shape index (κ1) is 13.8. The molecule has 1 aromatic rings. The van der Waals surface area contributed by atoms with Gasteiger partial charge in [0.05, 0.1) is 12.6 Å². The van der Waals surface area contributed by atoms with E-state index in [0.717, 1.165) is 5.56 Å². The number of aromatic hydroxyl groups is 1. The van der Waals surface area contributed by atoms with E-state index in [1.807, 2.05) is 0 Å². The number of nitrogens with zero attached hydrogens (tertiary/aromatic N) is 3. The molecule has 7 heteroatoms. The second kappa shape index (κ2) is 7.16. The monoisotopic (exact) mass is 251 g/mol. The molecule has 0 aliphatic rings. The van der Waals surface area contributed by atoms with Gasteiger partial charge in [-0.05, 0) is 29.6 Å². The molecule has 0 aromatic heterocycles. The molecule has 7 nitrogen and oxygen atoms in total. The van der Waals surface area contributed by atoms with Gasteiger partial charge in [0, 0.05) is 4.91 Å². The number of azide groups is 1. The topological polar surface area (TPSA) is 116 Å². The van der Waals surface area contributed by atoms with Gasteiger partial charge in [-0.1, -0.05) is 17.2 Å². The Morgan fingerprint density at radius 3 is 2.67 bits per heavy atom. The lowest BCUT2D eigenvalue weighted by Gasteiger charge is -2.10. The van der Waals surface area contributed by atoms with Gasteiger partial charge in [-0.25, -0.2) is 4.79 Å². The Bertz CT molecular complexity index is 440. The van der Waals surface area contributed by atoms with Crippen LogP contribution in [-0.2, 0) is 16.0 Å². The van der Waals surface area contributed by atoms with Crippen molar-refractivity contribution in [1.82, 2.24) is 0 Å². The van der Waals surface area contributed by atoms with Gasteiger partial charge in [-0.2, -0.15) is 0 Å². The van der Waals surface area contributed by atoms with Crippen molar-refractivity contribution in [3.05, 3.63) is 40.3 Å². The molecule has 96 valence electrons. The van der Waals surface area contributed by atoms with Crippen LogP contribution in [0.1, 0.15) is 5.56 Å². The standard InChI is InChI=1S/C11H13N3O4/c12-14-13-9(6-18-7-11(16)17)5-8-1-3-10(15)4-2-8/h1-4,9,15H,5-7H2,(H,16,17)/t9-/m0/s1. The van der Waals surface area contributed by atoms with Gasteiger partial charge in [0.25, 0.3) is 0 Å². The third kappa shape index (κ3) is 5.20. The number of phenolic OH excluding ortho intramolecular Hbond substituents is 1. The molecule has 2 N–H and O–H groups in total. The van der Waals surface area contributed by atoms with Crippen LogP contribution in [0.2, 0.25) is 0 Å². The van der Waals surface area contributed by atoms with Crippen molar-refractivity contribution in [2.45, 2.75) is 12.5 Å². The highest BCUT2D eigenvalue weighted by molar-refractivity contribution is 5.67. The van der Waals surface area contributed by atoms with Crippen LogP contribution < -0.4 is 0 Å². The Kier molecular flexibility index (Phi) is 5.50. The van der Waals surface area contributed by atoms with Crippen LogP contribution in [0.3, 0.4) is 0 Å². The normalized spacial score (nSPS) is 11.6. The third-order valence-corrected chi connectivity index (χ3v) is 2.16. The molecule has 0 aliphatic carbocycles. The highest BCUT2D eigenvalue weighted by Gasteiger charge is 2.09. The highest BCUT2D eigenvalue weighted by atomic mass is 16.5. The lowest BCUT2D eigenvalue weighted by molar-refractivity contribution is -0.142. The highest BCUT2D eigenvalue weighted by Crippen LogP contribution is 2.12. The Balaban J connectivity index is 2.54. The first-order chi connectivity index (χ1) is 8.61. The number of rotatable bonds is 7. The Labute approximate surface area is 103 Å². The molecular weight excluding hydrogens is 238 g/mol. The molecule has 0 unspecified atom stereocenters. The molecular formula is C11H13N3O4. The number of aliphatic carboxylic acids is 1. The maximum absolute atomic E-state index is 10.3. The van der Waals surface area contributed by atoms with Crippen molar-refractivity contribution >= 4 is 5.97 Å². The fraction of sp³-hybridized carbons (Fsp3) is 0.364. The fourth-order valence-electron chi connectivity index (χ4n) is 1.39. The number of carboxylic acids is 1. The summed E-state index contributed by atoms with van der Waals surface area (Å²) >= 11 is 0. The Morgan fingerprint density at radius 2 is 2.11 bits per heavy atom. The van der Waals surface area contributed by atoms with Gasteiger partial charge in [-0.3, -0.25) is 0 Å². The Hall–Kier alpha value is -2.24. The van der Waals surface area contributed by atoms with Crippen LogP contribution in [0, 0.1) is 0 Å². The average Bonchev–Trinajstić information content (AvgIpc) is 2.32. The average molecular weight is 251 g/mol.